The van der Waals surface area contributed by atoms with E-state index in [1.807, 2.05) is 0 Å². The number of nitrogens with zero attached hydrogens (tertiary/aromatic N) is 1. The molecule has 1 atom stereocenters. The van der Waals surface area contributed by atoms with Crippen LogP contribution in [-0.2, 0) is 0 Å². The molecule has 2 heteroatoms. The van der Waals surface area contributed by atoms with Crippen LogP contribution in [0.25, 0.3) is 0 Å². The first kappa shape index (κ1) is 8.58. The predicted molar refractivity (Wildman–Crippen MR) is 47.1 cm³/mol. The Morgan fingerprint density at radius 2 is 2.45 bits per heavy atom. The summed E-state index contributed by atoms with van der Waals surface area (Å²) < 4.78 is 0. The summed E-state index contributed by atoms with van der Waals surface area (Å²) in [7, 11) is 0. The van der Waals surface area contributed by atoms with Gasteiger partial charge in [-0.25, -0.2) is 0 Å². The number of rotatable bonds is 1. The minimum Gasteiger partial charge on any atom is -0.320 e. The van der Waals surface area contributed by atoms with Crippen molar-refractivity contribution in [3.8, 4) is 11.8 Å². The van der Waals surface area contributed by atoms with Crippen LogP contribution in [-0.4, -0.2) is 31.1 Å². The molecular formula is C9H16N2. The van der Waals surface area contributed by atoms with E-state index in [0.29, 0.717) is 12.5 Å². The maximum absolute atomic E-state index is 5.29. The Bertz CT molecular complexity index is 166. The Balaban J connectivity index is 2.29. The monoisotopic (exact) mass is 152 g/mol. The lowest BCUT2D eigenvalue weighted by Crippen LogP contribution is -2.19. The molecule has 2 nitrogen and oxygen atoms in total. The van der Waals surface area contributed by atoms with Gasteiger partial charge in [0.15, 0.2) is 0 Å². The summed E-state index contributed by atoms with van der Waals surface area (Å²) in [6.07, 6.45) is 1.22. The van der Waals surface area contributed by atoms with E-state index in [2.05, 4.69) is 23.7 Å². The van der Waals surface area contributed by atoms with Crippen LogP contribution in [0.15, 0.2) is 0 Å². The Morgan fingerprint density at radius 1 is 1.64 bits per heavy atom. The van der Waals surface area contributed by atoms with Crippen molar-refractivity contribution in [2.24, 2.45) is 11.7 Å². The van der Waals surface area contributed by atoms with Crippen molar-refractivity contribution >= 4 is 0 Å². The van der Waals surface area contributed by atoms with E-state index in [-0.39, 0.29) is 0 Å². The summed E-state index contributed by atoms with van der Waals surface area (Å²) in [5.74, 6) is 6.70. The molecule has 1 fully saturated rings. The van der Waals surface area contributed by atoms with Crippen LogP contribution >= 0.6 is 0 Å². The van der Waals surface area contributed by atoms with Gasteiger partial charge in [0.25, 0.3) is 0 Å². The summed E-state index contributed by atoms with van der Waals surface area (Å²) in [5, 5.41) is 0. The molecule has 0 saturated carbocycles. The lowest BCUT2D eigenvalue weighted by Gasteiger charge is -2.09. The van der Waals surface area contributed by atoms with Crippen LogP contribution in [0.4, 0.5) is 0 Å². The summed E-state index contributed by atoms with van der Waals surface area (Å²) in [6.45, 7) is 6.20. The van der Waals surface area contributed by atoms with Crippen LogP contribution in [0, 0.1) is 17.8 Å². The molecule has 0 aliphatic carbocycles. The van der Waals surface area contributed by atoms with Crippen LogP contribution in [0.2, 0.25) is 0 Å². The molecular weight excluding hydrogens is 136 g/mol. The molecule has 11 heavy (non-hydrogen) atoms. The first-order valence-corrected chi connectivity index (χ1v) is 4.27. The number of nitrogens with two attached hydrogens (primary N) is 1. The minimum atomic E-state index is 0.503. The van der Waals surface area contributed by atoms with Gasteiger partial charge in [0.1, 0.15) is 0 Å². The van der Waals surface area contributed by atoms with Crippen molar-refractivity contribution in [1.82, 2.24) is 4.90 Å². The summed E-state index contributed by atoms with van der Waals surface area (Å²) in [5.41, 5.74) is 5.29. The van der Waals surface area contributed by atoms with E-state index in [1.165, 1.54) is 13.0 Å². The van der Waals surface area contributed by atoms with Crippen LogP contribution in [0.5, 0.6) is 0 Å². The SMILES string of the molecule is CCN1CCC(C#CCN)C1. The van der Waals surface area contributed by atoms with Gasteiger partial charge in [0.2, 0.25) is 0 Å². The van der Waals surface area contributed by atoms with Crippen molar-refractivity contribution in [2.45, 2.75) is 13.3 Å². The summed E-state index contributed by atoms with van der Waals surface area (Å²) >= 11 is 0. The highest BCUT2D eigenvalue weighted by Crippen LogP contribution is 2.13. The van der Waals surface area contributed by atoms with E-state index >= 15 is 0 Å². The molecule has 1 rings (SSSR count). The second-order valence-electron chi connectivity index (χ2n) is 2.90. The average Bonchev–Trinajstić information content (AvgIpc) is 2.48. The summed E-state index contributed by atoms with van der Waals surface area (Å²) in [6, 6.07) is 0. The standard InChI is InChI=1S/C9H16N2/c1-2-11-7-5-9(8-11)4-3-6-10/h9H,2,5-8,10H2,1H3. The molecule has 1 aliphatic rings. The minimum absolute atomic E-state index is 0.503. The fourth-order valence-electron chi connectivity index (χ4n) is 1.44. The van der Waals surface area contributed by atoms with E-state index in [0.717, 1.165) is 13.1 Å². The van der Waals surface area contributed by atoms with Gasteiger partial charge in [-0.05, 0) is 19.5 Å². The van der Waals surface area contributed by atoms with Gasteiger partial charge in [-0.2, -0.15) is 0 Å². The van der Waals surface area contributed by atoms with Gasteiger partial charge in [-0.15, -0.1) is 0 Å². The predicted octanol–water partition coefficient (Wildman–Crippen LogP) is 0.290. The van der Waals surface area contributed by atoms with Gasteiger partial charge in [-0.1, -0.05) is 18.8 Å². The zero-order valence-electron chi connectivity index (χ0n) is 7.14. The molecule has 1 unspecified atom stereocenters. The molecule has 0 spiro atoms. The van der Waals surface area contributed by atoms with E-state index in [9.17, 15) is 0 Å². The number of hydrogen-bond donors (Lipinski definition) is 1. The average molecular weight is 152 g/mol. The lowest BCUT2D eigenvalue weighted by atomic mass is 10.1. The molecule has 0 aromatic heterocycles. The molecule has 0 amide bonds. The Labute approximate surface area is 68.8 Å². The highest BCUT2D eigenvalue weighted by Gasteiger charge is 2.18. The fourth-order valence-corrected chi connectivity index (χ4v) is 1.44. The van der Waals surface area contributed by atoms with Crippen LogP contribution in [0.3, 0.4) is 0 Å². The normalized spacial score (nSPS) is 24.7. The topological polar surface area (TPSA) is 29.3 Å². The van der Waals surface area contributed by atoms with E-state index in [1.54, 1.807) is 0 Å². The largest absolute Gasteiger partial charge is 0.320 e. The molecule has 0 radical (unpaired) electrons. The number of likely N-dealkylation sites (tertiary alicyclic amines) is 1. The molecule has 1 aliphatic heterocycles. The maximum atomic E-state index is 5.29. The lowest BCUT2D eigenvalue weighted by molar-refractivity contribution is 0.352. The van der Waals surface area contributed by atoms with Gasteiger partial charge >= 0.3 is 0 Å². The molecule has 1 heterocycles. The molecule has 0 aromatic carbocycles. The third-order valence-corrected chi connectivity index (χ3v) is 2.13. The van der Waals surface area contributed by atoms with Crippen molar-refractivity contribution < 1.29 is 0 Å². The van der Waals surface area contributed by atoms with Gasteiger partial charge in [-0.3, -0.25) is 0 Å². The molecule has 0 bridgehead atoms. The van der Waals surface area contributed by atoms with Crippen molar-refractivity contribution in [1.29, 1.82) is 0 Å². The second kappa shape index (κ2) is 4.38. The molecule has 62 valence electrons. The highest BCUT2D eigenvalue weighted by atomic mass is 15.1. The van der Waals surface area contributed by atoms with E-state index in [4.69, 9.17) is 5.73 Å². The van der Waals surface area contributed by atoms with E-state index < -0.39 is 0 Å². The van der Waals surface area contributed by atoms with Crippen molar-refractivity contribution in [3.05, 3.63) is 0 Å². The molecule has 2 N–H and O–H groups in total. The first-order valence-electron chi connectivity index (χ1n) is 4.27. The Morgan fingerprint density at radius 3 is 3.00 bits per heavy atom. The fraction of sp³-hybridized carbons (Fsp3) is 0.778. The van der Waals surface area contributed by atoms with Gasteiger partial charge < -0.3 is 10.6 Å². The zero-order valence-corrected chi connectivity index (χ0v) is 7.14. The molecule has 1 saturated heterocycles. The van der Waals surface area contributed by atoms with Crippen LogP contribution in [0.1, 0.15) is 13.3 Å². The zero-order chi connectivity index (χ0) is 8.10. The Kier molecular flexibility index (Phi) is 3.41. The smallest absolute Gasteiger partial charge is 0.0551 e. The summed E-state index contributed by atoms with van der Waals surface area (Å²) in [4.78, 5) is 2.43. The van der Waals surface area contributed by atoms with Crippen molar-refractivity contribution in [3.63, 3.8) is 0 Å². The van der Waals surface area contributed by atoms with Crippen LogP contribution < -0.4 is 5.73 Å². The quantitative estimate of drug-likeness (QED) is 0.547. The first-order chi connectivity index (χ1) is 5.36. The van der Waals surface area contributed by atoms with Gasteiger partial charge in [0, 0.05) is 12.5 Å². The number of hydrogen-bond acceptors (Lipinski definition) is 2. The highest BCUT2D eigenvalue weighted by molar-refractivity contribution is 5.07. The van der Waals surface area contributed by atoms with Gasteiger partial charge in [0.05, 0.1) is 6.54 Å². The second-order valence-corrected chi connectivity index (χ2v) is 2.90. The van der Waals surface area contributed by atoms with Crippen molar-refractivity contribution in [2.75, 3.05) is 26.2 Å². The maximum Gasteiger partial charge on any atom is 0.0551 e. The third kappa shape index (κ3) is 2.53. The third-order valence-electron chi connectivity index (χ3n) is 2.13. The Hall–Kier alpha value is -0.520. The molecule has 0 aromatic rings.